The van der Waals surface area contributed by atoms with E-state index < -0.39 is 0 Å². The molecule has 9 nitrogen and oxygen atoms in total. The molecule has 112 heavy (non-hydrogen) atoms. The summed E-state index contributed by atoms with van der Waals surface area (Å²) in [6.45, 7) is 0. The smallest absolute Gasteiger partial charge is 0.0988 e. The van der Waals surface area contributed by atoms with Gasteiger partial charge < -0.3 is 24.5 Å². The maximum Gasteiger partial charge on any atom is 0.0988 e. The lowest BCUT2D eigenvalue weighted by Crippen LogP contribution is -2.90. The van der Waals surface area contributed by atoms with E-state index >= 15 is 0 Å². The molecule has 21 aliphatic rings. The number of benzene rings is 7. The zero-order valence-electron chi connectivity index (χ0n) is 66.4. The number of piperazine rings is 4. The van der Waals surface area contributed by atoms with Gasteiger partial charge in [-0.1, -0.05) is 134 Å². The number of nitrogens with one attached hydrogen (secondary N) is 1. The molecule has 578 valence electrons. The summed E-state index contributed by atoms with van der Waals surface area (Å²) >= 11 is 0. The van der Waals surface area contributed by atoms with Crippen LogP contribution in [0.3, 0.4) is 0 Å². The van der Waals surface area contributed by atoms with Crippen molar-refractivity contribution in [3.05, 3.63) is 212 Å². The van der Waals surface area contributed by atoms with Gasteiger partial charge >= 0.3 is 0 Å². The number of fused-ring (bicyclic) bond motifs is 12. The fourth-order valence-corrected chi connectivity index (χ4v) is 36.6. The number of nitrogens with zero attached hydrogens (tertiary/aromatic N) is 8. The van der Waals surface area contributed by atoms with E-state index in [1.807, 2.05) is 0 Å². The van der Waals surface area contributed by atoms with Gasteiger partial charge in [0.05, 0.1) is 24.4 Å². The van der Waals surface area contributed by atoms with Gasteiger partial charge in [-0.05, 0) is 351 Å². The summed E-state index contributed by atoms with van der Waals surface area (Å²) in [6, 6.07) is 88.7. The molecule has 0 amide bonds. The summed E-state index contributed by atoms with van der Waals surface area (Å²) in [6.07, 6.45) is 42.6. The van der Waals surface area contributed by atoms with Gasteiger partial charge in [0.2, 0.25) is 0 Å². The Kier molecular flexibility index (Phi) is 14.4. The van der Waals surface area contributed by atoms with Crippen molar-refractivity contribution in [2.45, 2.75) is 300 Å². The number of hydrogen-bond acceptors (Lipinski definition) is 9. The predicted molar refractivity (Wildman–Crippen MR) is 451 cm³/mol. The molecule has 0 radical (unpaired) electrons. The third-order valence-electron chi connectivity index (χ3n) is 38.8. The first-order valence-corrected chi connectivity index (χ1v) is 46.7. The Morgan fingerprint density at radius 2 is 0.830 bits per heavy atom. The highest BCUT2D eigenvalue weighted by atomic mass is 15.5. The van der Waals surface area contributed by atoms with Crippen LogP contribution in [0.2, 0.25) is 0 Å². The van der Waals surface area contributed by atoms with Crippen molar-refractivity contribution in [1.29, 1.82) is 0 Å². The van der Waals surface area contributed by atoms with Crippen LogP contribution in [-0.4, -0.2) is 117 Å². The molecule has 5 aliphatic heterocycles. The first-order chi connectivity index (χ1) is 55.2. The fraction of sp³-hybridized carbons (Fsp3) is 0.592. The van der Waals surface area contributed by atoms with Crippen LogP contribution in [0.5, 0.6) is 0 Å². The maximum atomic E-state index is 4.86. The van der Waals surface area contributed by atoms with Crippen LogP contribution in [0, 0.1) is 75.4 Å². The van der Waals surface area contributed by atoms with E-state index in [1.54, 1.807) is 56.2 Å². The second-order valence-corrected chi connectivity index (χ2v) is 43.1. The van der Waals surface area contributed by atoms with E-state index in [9.17, 15) is 0 Å². The Hall–Kier alpha value is -6.62. The van der Waals surface area contributed by atoms with Gasteiger partial charge in [0.1, 0.15) is 0 Å². The highest BCUT2D eigenvalue weighted by Crippen LogP contribution is 2.82. The third-order valence-corrected chi connectivity index (χ3v) is 38.8. The number of piperidine rings is 1. The van der Waals surface area contributed by atoms with Gasteiger partial charge in [-0.25, -0.2) is 0 Å². The monoisotopic (exact) mass is 1480 g/mol. The second-order valence-electron chi connectivity index (χ2n) is 43.1. The summed E-state index contributed by atoms with van der Waals surface area (Å²) in [5.74, 6) is 9.26. The average Bonchev–Trinajstić information content (AvgIpc) is 1.26. The lowest BCUT2D eigenvalue weighted by Gasteiger charge is -2.76. The molecule has 21 fully saturated rings. The van der Waals surface area contributed by atoms with E-state index in [0.29, 0.717) is 100 Å². The largest absolute Gasteiger partial charge is 0.362 e. The minimum atomic E-state index is 0.0868. The van der Waals surface area contributed by atoms with E-state index in [1.165, 1.54) is 163 Å². The van der Waals surface area contributed by atoms with Gasteiger partial charge in [0, 0.05) is 118 Å². The minimum absolute atomic E-state index is 0.0868. The molecule has 27 atom stereocenters. The molecule has 7 aromatic carbocycles. The van der Waals surface area contributed by atoms with Gasteiger partial charge in [-0.15, -0.1) is 0 Å². The Bertz CT molecular complexity index is 4620. The Morgan fingerprint density at radius 3 is 1.47 bits per heavy atom. The van der Waals surface area contributed by atoms with Crippen molar-refractivity contribution in [2.24, 2.45) is 75.4 Å². The highest BCUT2D eigenvalue weighted by Gasteiger charge is 2.76. The van der Waals surface area contributed by atoms with Crippen LogP contribution in [0.4, 0.5) is 39.8 Å². The van der Waals surface area contributed by atoms with Crippen LogP contribution in [0.25, 0.3) is 0 Å². The van der Waals surface area contributed by atoms with Crippen molar-refractivity contribution >= 4 is 39.8 Å². The molecule has 16 aliphatic carbocycles. The summed E-state index contributed by atoms with van der Waals surface area (Å²) in [7, 11) is 0. The molecule has 10 bridgehead atoms. The van der Waals surface area contributed by atoms with Crippen LogP contribution in [-0.2, 0) is 5.41 Å². The lowest BCUT2D eigenvalue weighted by molar-refractivity contribution is -0.222. The fourth-order valence-electron chi connectivity index (χ4n) is 36.6. The molecular formula is C103H121N9. The zero-order valence-corrected chi connectivity index (χ0v) is 66.4. The SMILES string of the molecule is c1ccc(N(c2ccccc2)C2CC3C4C(C2)N(c2ccccc2)C2CC5C(CC2N4C2CCC(C46CC7CC8CC(C4)C8(C7)C6)CC2N3c2cccc(C34CC6CC7CC(C3)C7(C6)C4)c2)N2C3CCCCC3N(c3ccccc3)C3NC(N(c4ccccc4)c4ccccc4)CC(C32)N5C23CC4CC(CC(C4)C2)C3)cc1. The lowest BCUT2D eigenvalue weighted by atomic mass is 9.51. The minimum Gasteiger partial charge on any atom is -0.362 e. The first-order valence-electron chi connectivity index (χ1n) is 46.7. The third kappa shape index (κ3) is 9.24. The zero-order chi connectivity index (χ0) is 72.7. The summed E-state index contributed by atoms with van der Waals surface area (Å²) in [5.41, 5.74) is 14.1. The van der Waals surface area contributed by atoms with E-state index in [0.717, 1.165) is 78.4 Å². The van der Waals surface area contributed by atoms with E-state index in [-0.39, 0.29) is 23.9 Å². The molecule has 0 aromatic heterocycles. The number of hydrogen-bond donors (Lipinski definition) is 1. The molecule has 5 heterocycles. The molecule has 9 heteroatoms. The average molecular weight is 1490 g/mol. The topological polar surface area (TPSA) is 38.0 Å². The van der Waals surface area contributed by atoms with Crippen molar-refractivity contribution in [1.82, 2.24) is 20.0 Å². The highest BCUT2D eigenvalue weighted by molar-refractivity contribution is 5.68. The molecule has 7 aromatic rings. The van der Waals surface area contributed by atoms with Gasteiger partial charge in [-0.2, -0.15) is 0 Å². The number of para-hydroxylation sites is 6. The van der Waals surface area contributed by atoms with Gasteiger partial charge in [0.25, 0.3) is 0 Å². The molecule has 1 N–H and O–H groups in total. The molecule has 5 saturated heterocycles. The van der Waals surface area contributed by atoms with E-state index in [2.05, 4.69) is 245 Å². The predicted octanol–water partition coefficient (Wildman–Crippen LogP) is 20.6. The second kappa shape index (κ2) is 24.3. The van der Waals surface area contributed by atoms with Crippen LogP contribution < -0.4 is 29.8 Å². The summed E-state index contributed by atoms with van der Waals surface area (Å²) in [4.78, 5) is 26.3. The molecule has 16 saturated carbocycles. The molecular weight excluding hydrogens is 1360 g/mol. The number of anilines is 7. The summed E-state index contributed by atoms with van der Waals surface area (Å²) in [5, 5.41) is 4.86. The van der Waals surface area contributed by atoms with Gasteiger partial charge in [0.15, 0.2) is 0 Å². The quantitative estimate of drug-likeness (QED) is 0.129. The Morgan fingerprint density at radius 1 is 0.312 bits per heavy atom. The summed E-state index contributed by atoms with van der Waals surface area (Å²) < 4.78 is 0. The van der Waals surface area contributed by atoms with Crippen molar-refractivity contribution < 1.29 is 0 Å². The Balaban J connectivity index is 0.665. The van der Waals surface area contributed by atoms with Crippen molar-refractivity contribution in [2.75, 3.05) is 24.5 Å². The van der Waals surface area contributed by atoms with Crippen molar-refractivity contribution in [3.8, 4) is 0 Å². The van der Waals surface area contributed by atoms with Crippen molar-refractivity contribution in [3.63, 3.8) is 0 Å². The standard InChI is InChI=1S/C103H121N9/c1-7-23-76(24-8-1)105(77-25-9-2-10-26-77)83-49-92-96-93(50-83)108(82-35-21-22-70(47-82)99-54-68-43-72-45-74(61-99)102(72,59-68)63-99)87-48-71(100-55-69-44-73-46-75(62-100)103(73,60-69)64-100)38-39-86(87)110(96)89-51-90-91(52-88(89)107(92)80-31-15-5-16-32-80)112(101-56-65-40-66(57-101)42-67(41-65)58-101)94-53-95(106(78-27-11-3-12-28-78)79-29-13-4-14-30-79)104-98-97(94)111(90)85-37-20-19-36-84(85)109(98)81-33-17-6-18-34-81/h1-18,21-35,47,65-69,71-75,83-98,104H,19-20,36-46,48-64H2. The van der Waals surface area contributed by atoms with Gasteiger partial charge in [-0.3, -0.25) is 20.0 Å². The number of rotatable bonds is 12. The molecule has 28 rings (SSSR count). The first kappa shape index (κ1) is 66.5. The normalized spacial score (nSPS) is 46.7. The van der Waals surface area contributed by atoms with E-state index in [4.69, 9.17) is 5.32 Å². The van der Waals surface area contributed by atoms with Crippen LogP contribution in [0.15, 0.2) is 206 Å². The molecule has 27 unspecified atom stereocenters. The maximum absolute atomic E-state index is 4.86. The molecule has 2 spiro atoms. The Labute approximate surface area is 668 Å². The van der Waals surface area contributed by atoms with Crippen LogP contribution in [0.1, 0.15) is 198 Å². The van der Waals surface area contributed by atoms with Crippen LogP contribution >= 0.6 is 0 Å².